The van der Waals surface area contributed by atoms with Crippen LogP contribution in [-0.2, 0) is 6.61 Å². The van der Waals surface area contributed by atoms with Crippen molar-refractivity contribution in [1.82, 2.24) is 4.98 Å². The quantitative estimate of drug-likeness (QED) is 0.648. The molecular weight excluding hydrogens is 344 g/mol. The van der Waals surface area contributed by atoms with E-state index in [1.807, 2.05) is 0 Å². The molecule has 0 bridgehead atoms. The van der Waals surface area contributed by atoms with E-state index < -0.39 is 23.8 Å². The second-order valence-electron chi connectivity index (χ2n) is 5.26. The lowest BCUT2D eigenvalue weighted by atomic mass is 10.1. The number of halogens is 1. The predicted octanol–water partition coefficient (Wildman–Crippen LogP) is 3.09. The van der Waals surface area contributed by atoms with Crippen molar-refractivity contribution >= 4 is 17.3 Å². The van der Waals surface area contributed by atoms with Crippen molar-refractivity contribution in [3.8, 4) is 5.75 Å². The molecule has 2 aromatic heterocycles. The number of aliphatic hydroxyl groups is 1. The summed E-state index contributed by atoms with van der Waals surface area (Å²) in [5.74, 6) is -0.553. The number of aromatic hydroxyl groups is 1. The molecule has 0 saturated carbocycles. The summed E-state index contributed by atoms with van der Waals surface area (Å²) in [6.07, 6.45) is 1.58. The molecule has 1 aromatic carbocycles. The molecule has 1 unspecified atom stereocenters. The molecule has 3 aromatic rings. The molecule has 1 atom stereocenters. The summed E-state index contributed by atoms with van der Waals surface area (Å²) in [4.78, 5) is 16.2. The van der Waals surface area contributed by atoms with Gasteiger partial charge < -0.3 is 19.9 Å². The highest BCUT2D eigenvalue weighted by atomic mass is 35.5. The number of aromatic nitrogens is 1. The number of aliphatic hydroxyl groups excluding tert-OH is 1. The zero-order valence-corrected chi connectivity index (χ0v) is 13.8. The second kappa shape index (κ2) is 7.38. The zero-order valence-electron chi connectivity index (χ0n) is 13.0. The van der Waals surface area contributed by atoms with Crippen LogP contribution in [0.5, 0.6) is 5.75 Å². The van der Waals surface area contributed by atoms with Gasteiger partial charge in [-0.3, -0.25) is 9.78 Å². The van der Waals surface area contributed by atoms with Gasteiger partial charge in [-0.15, -0.1) is 0 Å². The van der Waals surface area contributed by atoms with Gasteiger partial charge >= 0.3 is 0 Å². The number of benzene rings is 1. The van der Waals surface area contributed by atoms with Crippen molar-refractivity contribution in [2.75, 3.05) is 5.32 Å². The standard InChI is InChI=1S/C18H15ClN2O4/c19-12-5-1-2-6-13(12)21-16(14-7-3-4-8-20-14)18-17(24)15(23)9-11(10-22)25-18/h1-9,16,21-22,24H,10H2. The lowest BCUT2D eigenvalue weighted by Gasteiger charge is -2.20. The van der Waals surface area contributed by atoms with Crippen molar-refractivity contribution in [3.63, 3.8) is 0 Å². The number of pyridine rings is 1. The summed E-state index contributed by atoms with van der Waals surface area (Å²) in [7, 11) is 0. The minimum atomic E-state index is -0.778. The van der Waals surface area contributed by atoms with Crippen molar-refractivity contribution in [1.29, 1.82) is 0 Å². The van der Waals surface area contributed by atoms with Gasteiger partial charge in [0, 0.05) is 12.3 Å². The van der Waals surface area contributed by atoms with E-state index in [1.54, 1.807) is 48.7 Å². The van der Waals surface area contributed by atoms with Crippen molar-refractivity contribution < 1.29 is 14.6 Å². The van der Waals surface area contributed by atoms with E-state index in [0.717, 1.165) is 6.07 Å². The maximum atomic E-state index is 12.0. The van der Waals surface area contributed by atoms with Crippen LogP contribution in [-0.4, -0.2) is 15.2 Å². The SMILES string of the molecule is O=c1cc(CO)oc(C(Nc2ccccc2Cl)c2ccccn2)c1O. The molecule has 25 heavy (non-hydrogen) atoms. The van der Waals surface area contributed by atoms with Crippen LogP contribution in [0.15, 0.2) is 63.9 Å². The third-order valence-electron chi connectivity index (χ3n) is 3.58. The molecule has 6 nitrogen and oxygen atoms in total. The Labute approximate surface area is 148 Å². The predicted molar refractivity (Wildman–Crippen MR) is 93.7 cm³/mol. The first-order chi connectivity index (χ1) is 12.1. The number of hydrogen-bond donors (Lipinski definition) is 3. The monoisotopic (exact) mass is 358 g/mol. The molecule has 0 fully saturated rings. The van der Waals surface area contributed by atoms with E-state index in [0.29, 0.717) is 16.4 Å². The van der Waals surface area contributed by atoms with Gasteiger partial charge in [-0.2, -0.15) is 0 Å². The number of para-hydroxylation sites is 1. The Balaban J connectivity index is 2.14. The summed E-state index contributed by atoms with van der Waals surface area (Å²) in [6, 6.07) is 12.6. The molecule has 3 N–H and O–H groups in total. The fraction of sp³-hybridized carbons (Fsp3) is 0.111. The molecular formula is C18H15ClN2O4. The van der Waals surface area contributed by atoms with Crippen LogP contribution in [0, 0.1) is 0 Å². The Bertz CT molecular complexity index is 928. The molecule has 0 spiro atoms. The third kappa shape index (κ3) is 3.65. The summed E-state index contributed by atoms with van der Waals surface area (Å²) >= 11 is 6.20. The Kier molecular flexibility index (Phi) is 5.02. The largest absolute Gasteiger partial charge is 0.502 e. The molecule has 0 aliphatic carbocycles. The summed E-state index contributed by atoms with van der Waals surface area (Å²) in [5, 5.41) is 23.1. The summed E-state index contributed by atoms with van der Waals surface area (Å²) in [5.41, 5.74) is 0.444. The molecule has 0 aliphatic rings. The van der Waals surface area contributed by atoms with Gasteiger partial charge in [0.25, 0.3) is 0 Å². The molecule has 3 rings (SSSR count). The van der Waals surface area contributed by atoms with Crippen LogP contribution in [0.3, 0.4) is 0 Å². The fourth-order valence-electron chi connectivity index (χ4n) is 2.38. The van der Waals surface area contributed by atoms with Gasteiger partial charge in [-0.05, 0) is 24.3 Å². The number of nitrogens with one attached hydrogen (secondary N) is 1. The number of rotatable bonds is 5. The van der Waals surface area contributed by atoms with E-state index in [1.165, 1.54) is 0 Å². The van der Waals surface area contributed by atoms with Gasteiger partial charge in [-0.1, -0.05) is 29.8 Å². The normalized spacial score (nSPS) is 11.9. The van der Waals surface area contributed by atoms with Gasteiger partial charge in [-0.25, -0.2) is 0 Å². The Hall–Kier alpha value is -2.83. The van der Waals surface area contributed by atoms with Crippen molar-refractivity contribution in [3.05, 3.63) is 87.2 Å². The Morgan fingerprint density at radius 3 is 2.64 bits per heavy atom. The van der Waals surface area contributed by atoms with E-state index in [-0.39, 0.29) is 11.5 Å². The minimum absolute atomic E-state index is 0.0414. The van der Waals surface area contributed by atoms with E-state index in [2.05, 4.69) is 10.3 Å². The van der Waals surface area contributed by atoms with Crippen LogP contribution in [0.25, 0.3) is 0 Å². The molecule has 128 valence electrons. The topological polar surface area (TPSA) is 95.6 Å². The van der Waals surface area contributed by atoms with Crippen molar-refractivity contribution in [2.45, 2.75) is 12.6 Å². The van der Waals surface area contributed by atoms with E-state index >= 15 is 0 Å². The first-order valence-corrected chi connectivity index (χ1v) is 7.86. The number of anilines is 1. The van der Waals surface area contributed by atoms with Gasteiger partial charge in [0.05, 0.1) is 16.4 Å². The van der Waals surface area contributed by atoms with Gasteiger partial charge in [0.2, 0.25) is 11.2 Å². The minimum Gasteiger partial charge on any atom is -0.502 e. The first-order valence-electron chi connectivity index (χ1n) is 7.49. The molecule has 2 heterocycles. The fourth-order valence-corrected chi connectivity index (χ4v) is 2.57. The highest BCUT2D eigenvalue weighted by Crippen LogP contribution is 2.32. The summed E-state index contributed by atoms with van der Waals surface area (Å²) < 4.78 is 5.52. The number of nitrogens with zero attached hydrogens (tertiary/aromatic N) is 1. The molecule has 0 saturated heterocycles. The number of hydrogen-bond acceptors (Lipinski definition) is 6. The van der Waals surface area contributed by atoms with E-state index in [4.69, 9.17) is 16.0 Å². The van der Waals surface area contributed by atoms with Crippen LogP contribution < -0.4 is 10.7 Å². The molecule has 0 amide bonds. The van der Waals surface area contributed by atoms with Gasteiger partial charge in [0.1, 0.15) is 18.4 Å². The molecule has 7 heteroatoms. The van der Waals surface area contributed by atoms with Crippen LogP contribution in [0.2, 0.25) is 5.02 Å². The Morgan fingerprint density at radius 2 is 1.96 bits per heavy atom. The Morgan fingerprint density at radius 1 is 1.20 bits per heavy atom. The van der Waals surface area contributed by atoms with Gasteiger partial charge in [0.15, 0.2) is 5.76 Å². The van der Waals surface area contributed by atoms with Crippen LogP contribution in [0.4, 0.5) is 5.69 Å². The highest BCUT2D eigenvalue weighted by molar-refractivity contribution is 6.33. The van der Waals surface area contributed by atoms with Crippen LogP contribution in [0.1, 0.15) is 23.3 Å². The maximum absolute atomic E-state index is 12.0. The summed E-state index contributed by atoms with van der Waals surface area (Å²) in [6.45, 7) is -0.469. The first kappa shape index (κ1) is 17.0. The third-order valence-corrected chi connectivity index (χ3v) is 3.90. The average molecular weight is 359 g/mol. The highest BCUT2D eigenvalue weighted by Gasteiger charge is 2.25. The van der Waals surface area contributed by atoms with Crippen molar-refractivity contribution in [2.24, 2.45) is 0 Å². The lowest BCUT2D eigenvalue weighted by molar-refractivity contribution is 0.234. The van der Waals surface area contributed by atoms with E-state index in [9.17, 15) is 15.0 Å². The lowest BCUT2D eigenvalue weighted by Crippen LogP contribution is -2.17. The smallest absolute Gasteiger partial charge is 0.227 e. The van der Waals surface area contributed by atoms with Crippen LogP contribution >= 0.6 is 11.6 Å². The zero-order chi connectivity index (χ0) is 17.8. The maximum Gasteiger partial charge on any atom is 0.227 e. The average Bonchev–Trinajstić information content (AvgIpc) is 2.64. The molecule has 0 aliphatic heterocycles. The molecule has 0 radical (unpaired) electrons. The second-order valence-corrected chi connectivity index (χ2v) is 5.67.